The van der Waals surface area contributed by atoms with Crippen molar-refractivity contribution < 1.29 is 0 Å². The van der Waals surface area contributed by atoms with Gasteiger partial charge in [0.05, 0.1) is 5.69 Å². The molecule has 98 valence electrons. The van der Waals surface area contributed by atoms with Crippen molar-refractivity contribution in [3.63, 3.8) is 0 Å². The highest BCUT2D eigenvalue weighted by Crippen LogP contribution is 2.41. The van der Waals surface area contributed by atoms with Crippen LogP contribution in [0.25, 0.3) is 0 Å². The third kappa shape index (κ3) is 2.98. The Morgan fingerprint density at radius 2 is 1.89 bits per heavy atom. The van der Waals surface area contributed by atoms with Gasteiger partial charge in [-0.25, -0.2) is 4.98 Å². The molecule has 1 saturated carbocycles. The lowest BCUT2D eigenvalue weighted by molar-refractivity contribution is 0.871. The average Bonchev–Trinajstić information content (AvgIpc) is 3.21. The van der Waals surface area contributed by atoms with Gasteiger partial charge >= 0.3 is 0 Å². The molecule has 19 heavy (non-hydrogen) atoms. The fourth-order valence-electron chi connectivity index (χ4n) is 2.03. The topological polar surface area (TPSA) is 45.8 Å². The molecule has 1 fully saturated rings. The van der Waals surface area contributed by atoms with Crippen LogP contribution < -0.4 is 5.56 Å². The quantitative estimate of drug-likeness (QED) is 0.876. The van der Waals surface area contributed by atoms with Gasteiger partial charge in [0.1, 0.15) is 10.3 Å². The molecule has 0 unspecified atom stereocenters. The van der Waals surface area contributed by atoms with Gasteiger partial charge in [-0.1, -0.05) is 28.1 Å². The van der Waals surface area contributed by atoms with Crippen molar-refractivity contribution in [3.8, 4) is 0 Å². The lowest BCUT2D eigenvalue weighted by atomic mass is 10.1. The van der Waals surface area contributed by atoms with Gasteiger partial charge in [-0.15, -0.1) is 0 Å². The molecule has 1 heterocycles. The molecule has 0 amide bonds. The number of hydrogen-bond acceptors (Lipinski definition) is 2. The molecule has 3 rings (SSSR count). The van der Waals surface area contributed by atoms with Gasteiger partial charge in [0, 0.05) is 16.8 Å². The predicted molar refractivity (Wildman–Crippen MR) is 81.5 cm³/mol. The van der Waals surface area contributed by atoms with Gasteiger partial charge in [-0.05, 0) is 46.5 Å². The van der Waals surface area contributed by atoms with Gasteiger partial charge in [0.2, 0.25) is 0 Å². The lowest BCUT2D eigenvalue weighted by Crippen LogP contribution is -2.15. The van der Waals surface area contributed by atoms with Crippen LogP contribution in [-0.4, -0.2) is 9.97 Å². The zero-order valence-electron chi connectivity index (χ0n) is 10.1. The van der Waals surface area contributed by atoms with Gasteiger partial charge in [0.15, 0.2) is 0 Å². The van der Waals surface area contributed by atoms with E-state index in [0.29, 0.717) is 16.8 Å². The predicted octanol–water partition coefficient (Wildman–Crippen LogP) is 3.76. The second kappa shape index (κ2) is 5.21. The molecule has 3 nitrogen and oxygen atoms in total. The van der Waals surface area contributed by atoms with Crippen LogP contribution in [0.15, 0.2) is 38.0 Å². The molecule has 2 aromatic rings. The monoisotopic (exact) mass is 382 g/mol. The molecule has 0 saturated heterocycles. The number of nitrogens with one attached hydrogen (secondary N) is 1. The Balaban J connectivity index is 1.92. The zero-order valence-corrected chi connectivity index (χ0v) is 13.3. The summed E-state index contributed by atoms with van der Waals surface area (Å²) in [4.78, 5) is 19.3. The van der Waals surface area contributed by atoms with E-state index in [1.54, 1.807) is 0 Å². The van der Waals surface area contributed by atoms with E-state index in [1.807, 2.05) is 24.3 Å². The highest BCUT2D eigenvalue weighted by atomic mass is 79.9. The van der Waals surface area contributed by atoms with Crippen LogP contribution in [0.5, 0.6) is 0 Å². The Hall–Kier alpha value is -0.940. The maximum atomic E-state index is 11.9. The van der Waals surface area contributed by atoms with Crippen molar-refractivity contribution in [2.24, 2.45) is 0 Å². The Labute approximate surface area is 127 Å². The Morgan fingerprint density at radius 3 is 2.53 bits per heavy atom. The molecular weight excluding hydrogens is 372 g/mol. The third-order valence-corrected chi connectivity index (χ3v) is 4.48. The summed E-state index contributed by atoms with van der Waals surface area (Å²) in [5.41, 5.74) is 1.97. The van der Waals surface area contributed by atoms with Gasteiger partial charge in [-0.3, -0.25) is 4.79 Å². The highest BCUT2D eigenvalue weighted by molar-refractivity contribution is 9.10. The molecule has 1 aliphatic carbocycles. The van der Waals surface area contributed by atoms with Crippen molar-refractivity contribution in [1.29, 1.82) is 0 Å². The number of rotatable bonds is 3. The standard InChI is InChI=1S/C14H12Br2N2O/c15-10-5-1-8(2-6-10)7-11-17-13(9-3-4-9)12(16)14(19)18-11/h1-2,5-6,9H,3-4,7H2,(H,17,18,19). The van der Waals surface area contributed by atoms with Crippen LogP contribution in [0.1, 0.15) is 35.8 Å². The van der Waals surface area contributed by atoms with E-state index in [1.165, 1.54) is 0 Å². The van der Waals surface area contributed by atoms with Crippen LogP contribution in [0, 0.1) is 0 Å². The summed E-state index contributed by atoms with van der Waals surface area (Å²) in [6, 6.07) is 8.05. The highest BCUT2D eigenvalue weighted by Gasteiger charge is 2.28. The molecular formula is C14H12Br2N2O. The van der Waals surface area contributed by atoms with Crippen LogP contribution in [-0.2, 0) is 6.42 Å². The summed E-state index contributed by atoms with van der Waals surface area (Å²) in [5.74, 6) is 1.19. The summed E-state index contributed by atoms with van der Waals surface area (Å²) in [6.07, 6.45) is 2.91. The van der Waals surface area contributed by atoms with Gasteiger partial charge in [-0.2, -0.15) is 0 Å². The summed E-state index contributed by atoms with van der Waals surface area (Å²) in [6.45, 7) is 0. The Kier molecular flexibility index (Phi) is 3.58. The van der Waals surface area contributed by atoms with Crippen molar-refractivity contribution in [2.45, 2.75) is 25.2 Å². The fraction of sp³-hybridized carbons (Fsp3) is 0.286. The Bertz CT molecular complexity index is 660. The second-order valence-electron chi connectivity index (χ2n) is 4.79. The van der Waals surface area contributed by atoms with E-state index in [0.717, 1.165) is 34.4 Å². The van der Waals surface area contributed by atoms with E-state index in [4.69, 9.17) is 0 Å². The van der Waals surface area contributed by atoms with Crippen LogP contribution in [0.4, 0.5) is 0 Å². The van der Waals surface area contributed by atoms with Crippen molar-refractivity contribution in [1.82, 2.24) is 9.97 Å². The third-order valence-electron chi connectivity index (χ3n) is 3.19. The first-order valence-electron chi connectivity index (χ1n) is 6.16. The summed E-state index contributed by atoms with van der Waals surface area (Å²) in [5, 5.41) is 0. The molecule has 5 heteroatoms. The van der Waals surface area contributed by atoms with Crippen LogP contribution in [0.2, 0.25) is 0 Å². The summed E-state index contributed by atoms with van der Waals surface area (Å²) >= 11 is 6.75. The maximum Gasteiger partial charge on any atom is 0.265 e. The number of aromatic amines is 1. The second-order valence-corrected chi connectivity index (χ2v) is 6.50. The van der Waals surface area contributed by atoms with Crippen molar-refractivity contribution in [2.75, 3.05) is 0 Å². The summed E-state index contributed by atoms with van der Waals surface area (Å²) in [7, 11) is 0. The number of hydrogen-bond donors (Lipinski definition) is 1. The van der Waals surface area contributed by atoms with E-state index in [9.17, 15) is 4.79 Å². The fourth-order valence-corrected chi connectivity index (χ4v) is 2.81. The number of aromatic nitrogens is 2. The van der Waals surface area contributed by atoms with E-state index >= 15 is 0 Å². The van der Waals surface area contributed by atoms with Crippen LogP contribution in [0.3, 0.4) is 0 Å². The van der Waals surface area contributed by atoms with Crippen LogP contribution >= 0.6 is 31.9 Å². The van der Waals surface area contributed by atoms with Gasteiger partial charge < -0.3 is 4.98 Å². The maximum absolute atomic E-state index is 11.9. The van der Waals surface area contributed by atoms with Crippen molar-refractivity contribution in [3.05, 3.63) is 60.6 Å². The molecule has 1 aromatic heterocycles. The minimum absolute atomic E-state index is 0.0796. The minimum atomic E-state index is -0.0796. The van der Waals surface area contributed by atoms with E-state index in [-0.39, 0.29) is 5.56 Å². The average molecular weight is 384 g/mol. The molecule has 0 spiro atoms. The number of benzene rings is 1. The van der Waals surface area contributed by atoms with E-state index < -0.39 is 0 Å². The molecule has 0 aliphatic heterocycles. The zero-order chi connectivity index (χ0) is 13.4. The van der Waals surface area contributed by atoms with E-state index in [2.05, 4.69) is 41.8 Å². The molecule has 1 N–H and O–H groups in total. The molecule has 0 bridgehead atoms. The lowest BCUT2D eigenvalue weighted by Gasteiger charge is -2.06. The minimum Gasteiger partial charge on any atom is -0.309 e. The molecule has 0 atom stereocenters. The number of H-pyrrole nitrogens is 1. The molecule has 1 aromatic carbocycles. The SMILES string of the molecule is O=c1[nH]c(Cc2ccc(Br)cc2)nc(C2CC2)c1Br. The van der Waals surface area contributed by atoms with Gasteiger partial charge in [0.25, 0.3) is 5.56 Å². The normalized spacial score (nSPS) is 14.6. The first-order valence-corrected chi connectivity index (χ1v) is 7.75. The Morgan fingerprint density at radius 1 is 1.21 bits per heavy atom. The molecule has 1 aliphatic rings. The number of halogens is 2. The first kappa shape index (κ1) is 13.1. The summed E-state index contributed by atoms with van der Waals surface area (Å²) < 4.78 is 1.64. The first-order chi connectivity index (χ1) is 9.13. The van der Waals surface area contributed by atoms with Crippen molar-refractivity contribution >= 4 is 31.9 Å². The number of nitrogens with zero attached hydrogens (tertiary/aromatic N) is 1. The molecule has 0 radical (unpaired) electrons. The largest absolute Gasteiger partial charge is 0.309 e. The smallest absolute Gasteiger partial charge is 0.265 e.